The Bertz CT molecular complexity index is 1500. The molecule has 0 spiro atoms. The molecule has 180 valence electrons. The number of esters is 1. The Balaban J connectivity index is 1.47. The highest BCUT2D eigenvalue weighted by Crippen LogP contribution is 2.39. The van der Waals surface area contributed by atoms with Gasteiger partial charge in [-0.15, -0.1) is 11.3 Å². The Morgan fingerprint density at radius 1 is 1.21 bits per heavy atom. The molecule has 3 aromatic rings. The Kier molecular flexibility index (Phi) is 6.69. The van der Waals surface area contributed by atoms with Crippen LogP contribution in [0.25, 0.3) is 10.2 Å². The minimum absolute atomic E-state index is 0.209. The van der Waals surface area contributed by atoms with Crippen LogP contribution in [0.15, 0.2) is 23.2 Å². The number of aromatic nitrogens is 1. The maximum absolute atomic E-state index is 13.4. The summed E-state index contributed by atoms with van der Waals surface area (Å²) in [5.74, 6) is -4.74. The Labute approximate surface area is 201 Å². The van der Waals surface area contributed by atoms with Gasteiger partial charge in [0.25, 0.3) is 5.91 Å². The highest BCUT2D eigenvalue weighted by Gasteiger charge is 2.29. The van der Waals surface area contributed by atoms with E-state index in [0.29, 0.717) is 16.6 Å². The molecule has 0 saturated heterocycles. The summed E-state index contributed by atoms with van der Waals surface area (Å²) in [5.41, 5.74) is 1.72. The van der Waals surface area contributed by atoms with Crippen molar-refractivity contribution in [3.63, 3.8) is 0 Å². The van der Waals surface area contributed by atoms with Crippen molar-refractivity contribution in [2.75, 3.05) is 23.9 Å². The Hall–Kier alpha value is -2.90. The van der Waals surface area contributed by atoms with Gasteiger partial charge in [0.2, 0.25) is 5.91 Å². The third-order valence-electron chi connectivity index (χ3n) is 5.25. The molecule has 1 aliphatic carbocycles. The van der Waals surface area contributed by atoms with Gasteiger partial charge in [-0.3, -0.25) is 9.59 Å². The molecule has 9 nitrogen and oxygen atoms in total. The van der Waals surface area contributed by atoms with Gasteiger partial charge in [-0.05, 0) is 43.0 Å². The van der Waals surface area contributed by atoms with Crippen molar-refractivity contribution in [3.8, 4) is 0 Å². The van der Waals surface area contributed by atoms with Gasteiger partial charge in [0.05, 0.1) is 22.9 Å². The van der Waals surface area contributed by atoms with Crippen molar-refractivity contribution in [1.29, 1.82) is 0 Å². The van der Waals surface area contributed by atoms with E-state index in [-0.39, 0.29) is 15.4 Å². The number of nitrogens with zero attached hydrogens (tertiary/aromatic N) is 2. The van der Waals surface area contributed by atoms with E-state index in [1.54, 1.807) is 11.6 Å². The number of carbonyl (C=O) groups excluding carboxylic acids is 3. The molecule has 0 unspecified atom stereocenters. The lowest BCUT2D eigenvalue weighted by atomic mass is 10.1. The van der Waals surface area contributed by atoms with Gasteiger partial charge in [-0.25, -0.2) is 17.6 Å². The van der Waals surface area contributed by atoms with E-state index in [1.807, 2.05) is 0 Å². The van der Waals surface area contributed by atoms with E-state index in [4.69, 9.17) is 4.74 Å². The molecule has 0 radical (unpaired) electrons. The van der Waals surface area contributed by atoms with Crippen LogP contribution in [-0.4, -0.2) is 49.4 Å². The predicted molar refractivity (Wildman–Crippen MR) is 126 cm³/mol. The fourth-order valence-corrected chi connectivity index (χ4v) is 7.13. The first-order chi connectivity index (χ1) is 16.1. The molecule has 0 saturated carbocycles. The highest BCUT2D eigenvalue weighted by atomic mass is 32.2. The third-order valence-corrected chi connectivity index (χ3v) is 8.94. The molecule has 1 aromatic carbocycles. The molecule has 2 heterocycles. The fraction of sp³-hybridized carbons (Fsp3) is 0.333. The lowest BCUT2D eigenvalue weighted by molar-refractivity contribution is -0.115. The van der Waals surface area contributed by atoms with Gasteiger partial charge < -0.3 is 14.6 Å². The normalized spacial score (nSPS) is 13.8. The maximum atomic E-state index is 13.4. The van der Waals surface area contributed by atoms with Crippen molar-refractivity contribution in [2.24, 2.45) is 12.0 Å². The number of methoxy groups -OCH3 is 1. The molecule has 1 aliphatic rings. The Morgan fingerprint density at radius 3 is 2.71 bits per heavy atom. The lowest BCUT2D eigenvalue weighted by Gasteiger charge is -2.07. The number of carbonyl (C=O) groups is 3. The standard InChI is InChI=1S/C21H20FN3O6S3/c1-25-13-7-6-11(22)8-15(13)33-21(25)24-17(27)10-34(29,30)9-16(26)23-19-18(20(28)31-2)12-4-3-5-14(12)32-19/h6-8H,3-5,9-10H2,1-2H3,(H,23,26). The van der Waals surface area contributed by atoms with Crippen LogP contribution in [0.2, 0.25) is 0 Å². The maximum Gasteiger partial charge on any atom is 0.341 e. The first-order valence-electron chi connectivity index (χ1n) is 10.1. The zero-order chi connectivity index (χ0) is 24.6. The molecule has 4 rings (SSSR count). The smallest absolute Gasteiger partial charge is 0.341 e. The number of thiophene rings is 1. The van der Waals surface area contributed by atoms with Crippen molar-refractivity contribution in [3.05, 3.63) is 44.8 Å². The van der Waals surface area contributed by atoms with Crippen molar-refractivity contribution < 1.29 is 31.9 Å². The van der Waals surface area contributed by atoms with Crippen molar-refractivity contribution >= 4 is 65.5 Å². The summed E-state index contributed by atoms with van der Waals surface area (Å²) in [4.78, 5) is 42.0. The summed E-state index contributed by atoms with van der Waals surface area (Å²) in [5, 5.41) is 2.73. The van der Waals surface area contributed by atoms with Crippen LogP contribution in [-0.2, 0) is 44.1 Å². The van der Waals surface area contributed by atoms with Gasteiger partial charge in [-0.1, -0.05) is 11.3 Å². The van der Waals surface area contributed by atoms with Crippen LogP contribution >= 0.6 is 22.7 Å². The van der Waals surface area contributed by atoms with Crippen LogP contribution in [0.1, 0.15) is 27.2 Å². The molecule has 13 heteroatoms. The summed E-state index contributed by atoms with van der Waals surface area (Å²) in [6.45, 7) is 0. The predicted octanol–water partition coefficient (Wildman–Crippen LogP) is 2.20. The topological polar surface area (TPSA) is 124 Å². The molecule has 0 bridgehead atoms. The monoisotopic (exact) mass is 525 g/mol. The van der Waals surface area contributed by atoms with Crippen LogP contribution in [0, 0.1) is 5.82 Å². The quantitative estimate of drug-likeness (QED) is 0.492. The molecule has 34 heavy (non-hydrogen) atoms. The van der Waals surface area contributed by atoms with E-state index in [1.165, 1.54) is 36.6 Å². The van der Waals surface area contributed by atoms with Crippen LogP contribution in [0.4, 0.5) is 9.39 Å². The van der Waals surface area contributed by atoms with Gasteiger partial charge in [0, 0.05) is 11.9 Å². The molecular weight excluding hydrogens is 505 g/mol. The van der Waals surface area contributed by atoms with Gasteiger partial charge in [0.15, 0.2) is 14.6 Å². The number of ether oxygens (including phenoxy) is 1. The highest BCUT2D eigenvalue weighted by molar-refractivity contribution is 7.92. The second-order valence-corrected chi connectivity index (χ2v) is 11.9. The number of amides is 2. The zero-order valence-electron chi connectivity index (χ0n) is 18.2. The second kappa shape index (κ2) is 9.39. The minimum atomic E-state index is -4.13. The number of halogens is 1. The average molecular weight is 526 g/mol. The van der Waals surface area contributed by atoms with E-state index in [0.717, 1.165) is 34.6 Å². The van der Waals surface area contributed by atoms with Crippen LogP contribution in [0.3, 0.4) is 0 Å². The van der Waals surface area contributed by atoms with Crippen molar-refractivity contribution in [1.82, 2.24) is 4.57 Å². The summed E-state index contributed by atoms with van der Waals surface area (Å²) < 4.78 is 45.3. The number of fused-ring (bicyclic) bond motifs is 2. The number of hydrogen-bond donors (Lipinski definition) is 1. The summed E-state index contributed by atoms with van der Waals surface area (Å²) >= 11 is 2.27. The number of aryl methyl sites for hydroxylation is 2. The molecular formula is C21H20FN3O6S3. The molecule has 0 atom stereocenters. The number of anilines is 1. The van der Waals surface area contributed by atoms with E-state index >= 15 is 0 Å². The summed E-state index contributed by atoms with van der Waals surface area (Å²) in [6.07, 6.45) is 2.35. The summed E-state index contributed by atoms with van der Waals surface area (Å²) in [6, 6.07) is 4.11. The van der Waals surface area contributed by atoms with Gasteiger partial charge >= 0.3 is 5.97 Å². The molecule has 1 N–H and O–H groups in total. The van der Waals surface area contributed by atoms with E-state index in [9.17, 15) is 27.2 Å². The van der Waals surface area contributed by atoms with Crippen molar-refractivity contribution in [2.45, 2.75) is 19.3 Å². The van der Waals surface area contributed by atoms with Gasteiger partial charge in [0.1, 0.15) is 22.3 Å². The summed E-state index contributed by atoms with van der Waals surface area (Å²) in [7, 11) is -1.27. The first-order valence-corrected chi connectivity index (χ1v) is 13.6. The fourth-order valence-electron chi connectivity index (χ4n) is 3.77. The lowest BCUT2D eigenvalue weighted by Crippen LogP contribution is -2.28. The Morgan fingerprint density at radius 2 is 1.97 bits per heavy atom. The molecule has 2 aromatic heterocycles. The number of benzene rings is 1. The number of nitrogens with one attached hydrogen (secondary N) is 1. The van der Waals surface area contributed by atoms with Crippen LogP contribution in [0.5, 0.6) is 0 Å². The number of sulfone groups is 1. The second-order valence-electron chi connectivity index (χ2n) is 7.69. The van der Waals surface area contributed by atoms with Crippen LogP contribution < -0.4 is 10.1 Å². The van der Waals surface area contributed by atoms with Gasteiger partial charge in [-0.2, -0.15) is 4.99 Å². The molecule has 0 fully saturated rings. The molecule has 0 aliphatic heterocycles. The zero-order valence-corrected chi connectivity index (χ0v) is 20.7. The number of hydrogen-bond acceptors (Lipinski definition) is 8. The molecule has 2 amide bonds. The SMILES string of the molecule is COC(=O)c1c(NC(=O)CS(=O)(=O)CC(=O)N=c2sc3cc(F)ccc3n2C)sc2c1CCC2. The average Bonchev–Trinajstić information content (AvgIpc) is 3.40. The number of rotatable bonds is 6. The first kappa shape index (κ1) is 24.2. The largest absolute Gasteiger partial charge is 0.465 e. The van der Waals surface area contributed by atoms with E-state index < -0.39 is 44.9 Å². The van der Waals surface area contributed by atoms with E-state index in [2.05, 4.69) is 10.3 Å². The number of thiazole rings is 1. The minimum Gasteiger partial charge on any atom is -0.465 e. The third kappa shape index (κ3) is 4.95.